The molecule has 1 aromatic heterocycles. The molecule has 1 fully saturated rings. The van der Waals surface area contributed by atoms with E-state index in [-0.39, 0.29) is 23.9 Å². The number of urea groups is 1. The van der Waals surface area contributed by atoms with Crippen molar-refractivity contribution in [2.24, 2.45) is 5.92 Å². The molecule has 0 radical (unpaired) electrons. The number of nitrogens with zero attached hydrogens (tertiary/aromatic N) is 1. The normalized spacial score (nSPS) is 20.6. The quantitative estimate of drug-likeness (QED) is 0.741. The van der Waals surface area contributed by atoms with Crippen molar-refractivity contribution < 1.29 is 9.59 Å². The van der Waals surface area contributed by atoms with Crippen molar-refractivity contribution >= 4 is 23.3 Å². The standard InChI is InChI=1S/C15H24N4O2S/c1-3-10-9-18-13(22-10)7-8-17-15(21)19-12-6-4-5-11(12)14(20)16-2/h9,11-12H,3-8H2,1-2H3,(H,16,20)(H2,17,19,21). The lowest BCUT2D eigenvalue weighted by Crippen LogP contribution is -2.47. The van der Waals surface area contributed by atoms with Crippen LogP contribution in [-0.4, -0.2) is 36.6 Å². The van der Waals surface area contributed by atoms with Crippen LogP contribution in [-0.2, 0) is 17.6 Å². The third kappa shape index (κ3) is 4.43. The second-order valence-corrected chi connectivity index (χ2v) is 6.68. The maximum absolute atomic E-state index is 11.9. The van der Waals surface area contributed by atoms with Gasteiger partial charge >= 0.3 is 6.03 Å². The van der Waals surface area contributed by atoms with E-state index in [1.807, 2.05) is 6.20 Å². The molecule has 1 aliphatic carbocycles. The summed E-state index contributed by atoms with van der Waals surface area (Å²) in [6.45, 7) is 2.66. The molecule has 1 aliphatic rings. The molecule has 7 heteroatoms. The Morgan fingerprint density at radius 3 is 2.91 bits per heavy atom. The number of hydrogen-bond donors (Lipinski definition) is 3. The van der Waals surface area contributed by atoms with Gasteiger partial charge < -0.3 is 16.0 Å². The lowest BCUT2D eigenvalue weighted by molar-refractivity contribution is -0.124. The Labute approximate surface area is 135 Å². The first kappa shape index (κ1) is 16.7. The number of thiazole rings is 1. The highest BCUT2D eigenvalue weighted by atomic mass is 32.1. The molecule has 22 heavy (non-hydrogen) atoms. The number of hydrogen-bond acceptors (Lipinski definition) is 4. The molecule has 3 N–H and O–H groups in total. The van der Waals surface area contributed by atoms with Gasteiger partial charge in [-0.25, -0.2) is 9.78 Å². The van der Waals surface area contributed by atoms with Crippen molar-refractivity contribution in [3.05, 3.63) is 16.1 Å². The largest absolute Gasteiger partial charge is 0.359 e. The van der Waals surface area contributed by atoms with Crippen LogP contribution in [0.4, 0.5) is 4.79 Å². The first-order valence-corrected chi connectivity index (χ1v) is 8.65. The minimum atomic E-state index is -0.201. The molecule has 3 amide bonds. The van der Waals surface area contributed by atoms with Crippen LogP contribution in [0.25, 0.3) is 0 Å². The van der Waals surface area contributed by atoms with Gasteiger partial charge in [0.1, 0.15) is 0 Å². The molecule has 0 bridgehead atoms. The lowest BCUT2D eigenvalue weighted by atomic mass is 10.0. The summed E-state index contributed by atoms with van der Waals surface area (Å²) in [6, 6.07) is -0.264. The van der Waals surface area contributed by atoms with Gasteiger partial charge in [0.15, 0.2) is 0 Å². The van der Waals surface area contributed by atoms with Gasteiger partial charge in [-0.2, -0.15) is 0 Å². The molecule has 122 valence electrons. The van der Waals surface area contributed by atoms with Crippen molar-refractivity contribution in [3.8, 4) is 0 Å². The average Bonchev–Trinajstić information content (AvgIpc) is 3.15. The van der Waals surface area contributed by atoms with Gasteiger partial charge in [0.05, 0.1) is 10.9 Å². The van der Waals surface area contributed by atoms with Gasteiger partial charge in [0.25, 0.3) is 0 Å². The zero-order chi connectivity index (χ0) is 15.9. The number of rotatable bonds is 6. The van der Waals surface area contributed by atoms with Crippen molar-refractivity contribution in [3.63, 3.8) is 0 Å². The first-order chi connectivity index (χ1) is 10.6. The molecule has 1 heterocycles. The molecule has 0 aliphatic heterocycles. The molecule has 2 rings (SSSR count). The van der Waals surface area contributed by atoms with Crippen molar-refractivity contribution in [1.82, 2.24) is 20.9 Å². The van der Waals surface area contributed by atoms with E-state index in [0.717, 1.165) is 37.1 Å². The summed E-state index contributed by atoms with van der Waals surface area (Å²) >= 11 is 1.69. The van der Waals surface area contributed by atoms with E-state index in [1.54, 1.807) is 18.4 Å². The summed E-state index contributed by atoms with van der Waals surface area (Å²) < 4.78 is 0. The van der Waals surface area contributed by atoms with Gasteiger partial charge in [-0.1, -0.05) is 13.3 Å². The average molecular weight is 324 g/mol. The second kappa shape index (κ2) is 8.12. The topological polar surface area (TPSA) is 83.1 Å². The van der Waals surface area contributed by atoms with E-state index < -0.39 is 0 Å². The van der Waals surface area contributed by atoms with Crippen LogP contribution >= 0.6 is 11.3 Å². The van der Waals surface area contributed by atoms with E-state index in [0.29, 0.717) is 6.54 Å². The van der Waals surface area contributed by atoms with Gasteiger partial charge in [-0.3, -0.25) is 4.79 Å². The van der Waals surface area contributed by atoms with Crippen LogP contribution in [0.3, 0.4) is 0 Å². The summed E-state index contributed by atoms with van der Waals surface area (Å²) in [7, 11) is 1.64. The van der Waals surface area contributed by atoms with E-state index in [9.17, 15) is 9.59 Å². The fraction of sp³-hybridized carbons (Fsp3) is 0.667. The Morgan fingerprint density at radius 2 is 2.23 bits per heavy atom. The monoisotopic (exact) mass is 324 g/mol. The van der Waals surface area contributed by atoms with Gasteiger partial charge in [-0.15, -0.1) is 11.3 Å². The SMILES string of the molecule is CCc1cnc(CCNC(=O)NC2CCCC2C(=O)NC)s1. The second-order valence-electron chi connectivity index (χ2n) is 5.48. The highest BCUT2D eigenvalue weighted by Crippen LogP contribution is 2.25. The maximum Gasteiger partial charge on any atom is 0.315 e. The lowest BCUT2D eigenvalue weighted by Gasteiger charge is -2.19. The number of carbonyl (C=O) groups excluding carboxylic acids is 2. The summed E-state index contributed by atoms with van der Waals surface area (Å²) in [5.41, 5.74) is 0. The fourth-order valence-electron chi connectivity index (χ4n) is 2.76. The smallest absolute Gasteiger partial charge is 0.315 e. The minimum absolute atomic E-state index is 0.0117. The fourth-order valence-corrected chi connectivity index (χ4v) is 3.62. The third-order valence-electron chi connectivity index (χ3n) is 3.99. The Hall–Kier alpha value is -1.63. The molecule has 0 aromatic carbocycles. The highest BCUT2D eigenvalue weighted by Gasteiger charge is 2.33. The third-order valence-corrected chi connectivity index (χ3v) is 5.19. The number of amides is 3. The molecule has 0 saturated heterocycles. The summed E-state index contributed by atoms with van der Waals surface area (Å²) in [4.78, 5) is 29.3. The van der Waals surface area contributed by atoms with Gasteiger partial charge in [0.2, 0.25) is 5.91 Å². The van der Waals surface area contributed by atoms with Crippen LogP contribution in [0.5, 0.6) is 0 Å². The van der Waals surface area contributed by atoms with Crippen LogP contribution in [0, 0.1) is 5.92 Å². The minimum Gasteiger partial charge on any atom is -0.359 e. The Morgan fingerprint density at radius 1 is 1.41 bits per heavy atom. The number of aromatic nitrogens is 1. The zero-order valence-electron chi connectivity index (χ0n) is 13.1. The Bertz CT molecular complexity index is 517. The van der Waals surface area contributed by atoms with Crippen molar-refractivity contribution in [2.45, 2.75) is 45.1 Å². The van der Waals surface area contributed by atoms with E-state index >= 15 is 0 Å². The molecule has 2 atom stereocenters. The van der Waals surface area contributed by atoms with Crippen LogP contribution in [0.2, 0.25) is 0 Å². The summed E-state index contributed by atoms with van der Waals surface area (Å²) in [5.74, 6) is -0.0977. The predicted molar refractivity (Wildman–Crippen MR) is 86.9 cm³/mol. The molecular weight excluding hydrogens is 300 g/mol. The zero-order valence-corrected chi connectivity index (χ0v) is 14.0. The van der Waals surface area contributed by atoms with E-state index in [2.05, 4.69) is 27.9 Å². The van der Waals surface area contributed by atoms with Crippen LogP contribution < -0.4 is 16.0 Å². The van der Waals surface area contributed by atoms with E-state index in [1.165, 1.54) is 4.88 Å². The maximum atomic E-state index is 11.9. The molecule has 2 unspecified atom stereocenters. The first-order valence-electron chi connectivity index (χ1n) is 7.83. The number of carbonyl (C=O) groups is 2. The highest BCUT2D eigenvalue weighted by molar-refractivity contribution is 7.11. The Balaban J connectivity index is 1.72. The molecule has 1 aromatic rings. The molecular formula is C15H24N4O2S. The summed E-state index contributed by atoms with van der Waals surface area (Å²) in [6.07, 6.45) is 6.30. The van der Waals surface area contributed by atoms with Crippen LogP contribution in [0.1, 0.15) is 36.1 Å². The number of aryl methyl sites for hydroxylation is 1. The molecule has 1 saturated carbocycles. The Kier molecular flexibility index (Phi) is 6.18. The van der Waals surface area contributed by atoms with Gasteiger partial charge in [-0.05, 0) is 19.3 Å². The van der Waals surface area contributed by atoms with Crippen LogP contribution in [0.15, 0.2) is 6.20 Å². The van der Waals surface area contributed by atoms with Crippen molar-refractivity contribution in [1.29, 1.82) is 0 Å². The van der Waals surface area contributed by atoms with Crippen molar-refractivity contribution in [2.75, 3.05) is 13.6 Å². The summed E-state index contributed by atoms with van der Waals surface area (Å²) in [5, 5.41) is 9.47. The predicted octanol–water partition coefficient (Wildman–Crippen LogP) is 1.46. The molecule has 6 nitrogen and oxygen atoms in total. The molecule has 0 spiro atoms. The number of nitrogens with one attached hydrogen (secondary N) is 3. The van der Waals surface area contributed by atoms with Gasteiger partial charge in [0, 0.05) is 37.1 Å². The van der Waals surface area contributed by atoms with E-state index in [4.69, 9.17) is 0 Å².